The molecular weight excluding hydrogens is 212 g/mol. The van der Waals surface area contributed by atoms with Gasteiger partial charge in [0.2, 0.25) is 5.91 Å². The Hall–Kier alpha value is -1.04. The third-order valence-corrected chi connectivity index (χ3v) is 4.64. The number of nitriles is 1. The first-order valence-corrected chi connectivity index (χ1v) is 6.81. The number of hydrogen-bond donors (Lipinski definition) is 0. The maximum atomic E-state index is 12.2. The minimum atomic E-state index is -0.643. The highest BCUT2D eigenvalue weighted by atomic mass is 16.2. The molecule has 2 rings (SSSR count). The molecule has 0 atom stereocenters. The Labute approximate surface area is 104 Å². The lowest BCUT2D eigenvalue weighted by atomic mass is 9.83. The molecule has 94 valence electrons. The summed E-state index contributed by atoms with van der Waals surface area (Å²) >= 11 is 0. The number of carbonyl (C=O) groups excluding carboxylic acids is 1. The highest BCUT2D eigenvalue weighted by Gasteiger charge is 2.52. The van der Waals surface area contributed by atoms with Crippen LogP contribution in [0.1, 0.15) is 51.9 Å². The maximum Gasteiger partial charge on any atom is 0.243 e. The van der Waals surface area contributed by atoms with E-state index in [9.17, 15) is 4.79 Å². The zero-order chi connectivity index (χ0) is 12.5. The van der Waals surface area contributed by atoms with Gasteiger partial charge in [0.05, 0.1) is 6.07 Å². The van der Waals surface area contributed by atoms with Crippen molar-refractivity contribution >= 4 is 5.91 Å². The van der Waals surface area contributed by atoms with Gasteiger partial charge in [-0.2, -0.15) is 5.26 Å². The molecule has 0 aliphatic heterocycles. The molecule has 0 aromatic rings. The molecule has 3 heteroatoms. The van der Waals surface area contributed by atoms with Crippen LogP contribution in [-0.2, 0) is 4.79 Å². The van der Waals surface area contributed by atoms with Crippen LogP contribution < -0.4 is 0 Å². The zero-order valence-electron chi connectivity index (χ0n) is 10.9. The van der Waals surface area contributed by atoms with Crippen LogP contribution in [0, 0.1) is 22.7 Å². The van der Waals surface area contributed by atoms with E-state index in [1.54, 1.807) is 0 Å². The van der Waals surface area contributed by atoms with Crippen LogP contribution in [0.2, 0.25) is 0 Å². The molecule has 1 amide bonds. The van der Waals surface area contributed by atoms with Gasteiger partial charge in [-0.25, -0.2) is 0 Å². The molecule has 0 bridgehead atoms. The Morgan fingerprint density at radius 3 is 2.35 bits per heavy atom. The number of rotatable bonds is 3. The second-order valence-corrected chi connectivity index (χ2v) is 5.69. The summed E-state index contributed by atoms with van der Waals surface area (Å²) in [6.07, 6.45) is 7.47. The van der Waals surface area contributed by atoms with Crippen molar-refractivity contribution in [2.24, 2.45) is 11.3 Å². The van der Waals surface area contributed by atoms with E-state index in [-0.39, 0.29) is 5.91 Å². The van der Waals surface area contributed by atoms with E-state index in [1.807, 2.05) is 11.9 Å². The molecule has 0 N–H and O–H groups in total. The van der Waals surface area contributed by atoms with Crippen molar-refractivity contribution in [1.82, 2.24) is 4.90 Å². The second-order valence-electron chi connectivity index (χ2n) is 5.69. The summed E-state index contributed by atoms with van der Waals surface area (Å²) in [5.74, 6) is 0.917. The Bertz CT molecular complexity index is 333. The molecule has 2 saturated carbocycles. The molecule has 0 spiro atoms. The normalized spacial score (nSPS) is 30.4. The fourth-order valence-corrected chi connectivity index (χ4v) is 2.94. The monoisotopic (exact) mass is 234 g/mol. The average Bonchev–Trinajstić information content (AvgIpc) is 3.18. The van der Waals surface area contributed by atoms with Gasteiger partial charge in [0.1, 0.15) is 5.41 Å². The highest BCUT2D eigenvalue weighted by Crippen LogP contribution is 2.47. The predicted molar refractivity (Wildman–Crippen MR) is 66.1 cm³/mol. The Morgan fingerprint density at radius 2 is 1.94 bits per heavy atom. The lowest BCUT2D eigenvalue weighted by molar-refractivity contribution is -0.136. The second kappa shape index (κ2) is 4.68. The topological polar surface area (TPSA) is 44.1 Å². The van der Waals surface area contributed by atoms with Crippen molar-refractivity contribution in [2.45, 2.75) is 57.9 Å². The molecule has 17 heavy (non-hydrogen) atoms. The van der Waals surface area contributed by atoms with Gasteiger partial charge >= 0.3 is 0 Å². The Kier molecular flexibility index (Phi) is 3.42. The molecule has 0 unspecified atom stereocenters. The minimum absolute atomic E-state index is 0.0694. The molecule has 0 saturated heterocycles. The van der Waals surface area contributed by atoms with Gasteiger partial charge in [0, 0.05) is 13.1 Å². The summed E-state index contributed by atoms with van der Waals surface area (Å²) in [6.45, 7) is 2.24. The van der Waals surface area contributed by atoms with E-state index in [4.69, 9.17) is 5.26 Å². The van der Waals surface area contributed by atoms with Gasteiger partial charge < -0.3 is 4.90 Å². The van der Waals surface area contributed by atoms with E-state index < -0.39 is 5.41 Å². The van der Waals surface area contributed by atoms with Crippen molar-refractivity contribution < 1.29 is 4.79 Å². The molecule has 2 fully saturated rings. The van der Waals surface area contributed by atoms with E-state index in [0.29, 0.717) is 6.04 Å². The van der Waals surface area contributed by atoms with Crippen LogP contribution >= 0.6 is 0 Å². The van der Waals surface area contributed by atoms with Crippen LogP contribution in [0.15, 0.2) is 0 Å². The van der Waals surface area contributed by atoms with Crippen LogP contribution in [0.25, 0.3) is 0 Å². The minimum Gasteiger partial charge on any atom is -0.341 e. The fourth-order valence-electron chi connectivity index (χ4n) is 2.94. The summed E-state index contributed by atoms with van der Waals surface area (Å²) in [5, 5.41) is 9.06. The third-order valence-electron chi connectivity index (χ3n) is 4.64. The largest absolute Gasteiger partial charge is 0.341 e. The van der Waals surface area contributed by atoms with Gasteiger partial charge in [0.25, 0.3) is 0 Å². The molecule has 0 aromatic carbocycles. The number of nitrogens with zero attached hydrogens (tertiary/aromatic N) is 2. The summed E-state index contributed by atoms with van der Waals surface area (Å²) in [5.41, 5.74) is -0.643. The summed E-state index contributed by atoms with van der Waals surface area (Å²) in [7, 11) is 1.89. The van der Waals surface area contributed by atoms with E-state index >= 15 is 0 Å². The molecule has 0 heterocycles. The maximum absolute atomic E-state index is 12.2. The van der Waals surface area contributed by atoms with Crippen molar-refractivity contribution in [3.8, 4) is 6.07 Å². The molecule has 2 aliphatic carbocycles. The standard InChI is InChI=1S/C14H22N2O/c1-3-11-4-6-12(7-5-11)16(2)13(17)14(10-15)8-9-14/h11-12H,3-9H2,1-2H3. The van der Waals surface area contributed by atoms with Gasteiger partial charge in [-0.3, -0.25) is 4.79 Å². The molecule has 0 radical (unpaired) electrons. The first-order chi connectivity index (χ1) is 8.13. The lowest BCUT2D eigenvalue weighted by Gasteiger charge is -2.35. The SMILES string of the molecule is CCC1CCC(N(C)C(=O)C2(C#N)CC2)CC1. The smallest absolute Gasteiger partial charge is 0.243 e. The van der Waals surface area contributed by atoms with Crippen molar-refractivity contribution in [3.63, 3.8) is 0 Å². The predicted octanol–water partition coefficient (Wildman–Crippen LogP) is 2.72. The highest BCUT2D eigenvalue weighted by molar-refractivity contribution is 5.88. The zero-order valence-corrected chi connectivity index (χ0v) is 10.9. The van der Waals surface area contributed by atoms with Gasteiger partial charge in [0.15, 0.2) is 0 Å². The molecule has 2 aliphatic rings. The number of carbonyl (C=O) groups is 1. The quantitative estimate of drug-likeness (QED) is 0.753. The first-order valence-electron chi connectivity index (χ1n) is 6.81. The summed E-state index contributed by atoms with van der Waals surface area (Å²) < 4.78 is 0. The Morgan fingerprint density at radius 1 is 1.35 bits per heavy atom. The Balaban J connectivity index is 1.91. The summed E-state index contributed by atoms with van der Waals surface area (Å²) in [6, 6.07) is 2.57. The van der Waals surface area contributed by atoms with Crippen molar-refractivity contribution in [1.29, 1.82) is 5.26 Å². The molecule has 3 nitrogen and oxygen atoms in total. The van der Waals surface area contributed by atoms with Crippen molar-refractivity contribution in [3.05, 3.63) is 0 Å². The van der Waals surface area contributed by atoms with Crippen LogP contribution in [0.4, 0.5) is 0 Å². The van der Waals surface area contributed by atoms with E-state index in [1.165, 1.54) is 19.3 Å². The van der Waals surface area contributed by atoms with Gasteiger partial charge in [-0.1, -0.05) is 13.3 Å². The average molecular weight is 234 g/mol. The number of amides is 1. The summed E-state index contributed by atoms with van der Waals surface area (Å²) in [4.78, 5) is 14.1. The number of hydrogen-bond acceptors (Lipinski definition) is 2. The van der Waals surface area contributed by atoms with E-state index in [0.717, 1.165) is 31.6 Å². The lowest BCUT2D eigenvalue weighted by Crippen LogP contribution is -2.43. The van der Waals surface area contributed by atoms with Crippen LogP contribution in [0.3, 0.4) is 0 Å². The third kappa shape index (κ3) is 2.31. The molecular formula is C14H22N2O. The van der Waals surface area contributed by atoms with Gasteiger partial charge in [-0.05, 0) is 44.4 Å². The van der Waals surface area contributed by atoms with Crippen molar-refractivity contribution in [2.75, 3.05) is 7.05 Å². The van der Waals surface area contributed by atoms with Crippen LogP contribution in [-0.4, -0.2) is 23.9 Å². The van der Waals surface area contributed by atoms with E-state index in [2.05, 4.69) is 13.0 Å². The van der Waals surface area contributed by atoms with Gasteiger partial charge in [-0.15, -0.1) is 0 Å². The fraction of sp³-hybridized carbons (Fsp3) is 0.857. The first kappa shape index (κ1) is 12.4. The van der Waals surface area contributed by atoms with Crippen LogP contribution in [0.5, 0.6) is 0 Å². The molecule has 0 aromatic heterocycles.